The van der Waals surface area contributed by atoms with Crippen LogP contribution >= 0.6 is 11.3 Å². The Hall–Kier alpha value is -4.60. The number of benzene rings is 2. The standard InChI is InChI=1S/C29H23F4N7O2S2/c30-18-14-17(15-36-16-18)29-39-26(27(43-29)23-8-13-37-24(38-23)9-12-35-11-3-10-34)19-4-1-7-22(25(19)33)40-44(41,42)28-20(31)5-2-6-21(28)32/h1-2,4-8,12-16,40H,3,9-11,34H2/b35-12-. The molecule has 3 N–H and O–H groups in total. The monoisotopic (exact) mass is 641 g/mol. The van der Waals surface area contributed by atoms with Crippen LogP contribution in [0.15, 0.2) is 77.0 Å². The number of hydrogen-bond acceptors (Lipinski definition) is 9. The Kier molecular flexibility index (Phi) is 9.37. The van der Waals surface area contributed by atoms with Gasteiger partial charge in [-0.3, -0.25) is 14.7 Å². The number of halogens is 4. The number of aromatic nitrogens is 4. The molecule has 5 rings (SSSR count). The zero-order valence-corrected chi connectivity index (χ0v) is 24.3. The highest BCUT2D eigenvalue weighted by atomic mass is 32.2. The molecule has 0 radical (unpaired) electrons. The Morgan fingerprint density at radius 1 is 1.00 bits per heavy atom. The van der Waals surface area contributed by atoms with Gasteiger partial charge in [0.2, 0.25) is 0 Å². The quantitative estimate of drug-likeness (QED) is 0.108. The lowest BCUT2D eigenvalue weighted by Crippen LogP contribution is -2.17. The maximum atomic E-state index is 16.0. The second kappa shape index (κ2) is 13.4. The molecule has 0 spiro atoms. The van der Waals surface area contributed by atoms with Gasteiger partial charge >= 0.3 is 0 Å². The van der Waals surface area contributed by atoms with Gasteiger partial charge in [0.25, 0.3) is 10.0 Å². The average molecular weight is 642 g/mol. The molecule has 0 saturated heterocycles. The van der Waals surface area contributed by atoms with E-state index in [4.69, 9.17) is 5.73 Å². The highest BCUT2D eigenvalue weighted by Gasteiger charge is 2.27. The van der Waals surface area contributed by atoms with E-state index >= 15 is 4.39 Å². The first-order chi connectivity index (χ1) is 21.2. The molecule has 15 heteroatoms. The van der Waals surface area contributed by atoms with Gasteiger partial charge in [-0.2, -0.15) is 0 Å². The Balaban J connectivity index is 1.59. The lowest BCUT2D eigenvalue weighted by Gasteiger charge is -2.12. The number of nitrogens with one attached hydrogen (secondary N) is 1. The highest BCUT2D eigenvalue weighted by Crippen LogP contribution is 2.42. The van der Waals surface area contributed by atoms with E-state index in [0.29, 0.717) is 41.5 Å². The molecule has 0 unspecified atom stereocenters. The molecule has 3 heterocycles. The highest BCUT2D eigenvalue weighted by molar-refractivity contribution is 7.92. The fraction of sp³-hybridized carbons (Fsp3) is 0.138. The zero-order valence-electron chi connectivity index (χ0n) is 22.7. The summed E-state index contributed by atoms with van der Waals surface area (Å²) in [5.41, 5.74) is 5.51. The maximum absolute atomic E-state index is 16.0. The summed E-state index contributed by atoms with van der Waals surface area (Å²) in [5.74, 6) is -3.94. The van der Waals surface area contributed by atoms with Crippen molar-refractivity contribution in [1.82, 2.24) is 19.9 Å². The van der Waals surface area contributed by atoms with Crippen LogP contribution in [0.25, 0.3) is 32.4 Å². The Labute approximate surface area is 253 Å². The summed E-state index contributed by atoms with van der Waals surface area (Å²) in [4.78, 5) is 20.6. The van der Waals surface area contributed by atoms with Crippen molar-refractivity contribution in [3.05, 3.63) is 96.2 Å². The molecule has 2 aromatic carbocycles. The van der Waals surface area contributed by atoms with Gasteiger partial charge in [-0.05, 0) is 49.4 Å². The van der Waals surface area contributed by atoms with Gasteiger partial charge in [0.15, 0.2) is 10.7 Å². The molecule has 0 aliphatic heterocycles. The summed E-state index contributed by atoms with van der Waals surface area (Å²) < 4.78 is 86.3. The van der Waals surface area contributed by atoms with E-state index in [1.54, 1.807) is 12.3 Å². The van der Waals surface area contributed by atoms with Crippen LogP contribution in [0.4, 0.5) is 23.2 Å². The van der Waals surface area contributed by atoms with Crippen LogP contribution in [0.1, 0.15) is 12.2 Å². The SMILES string of the molecule is NCCC/N=C\Cc1nccc(-c2sc(-c3cncc(F)c3)nc2-c2cccc(NS(=O)(=O)c3c(F)cccc3F)c2F)n1. The number of pyridine rings is 1. The largest absolute Gasteiger partial charge is 0.330 e. The third-order valence-corrected chi connectivity index (χ3v) is 8.64. The average Bonchev–Trinajstić information content (AvgIpc) is 3.43. The number of hydrogen-bond donors (Lipinski definition) is 2. The van der Waals surface area contributed by atoms with Gasteiger partial charge in [-0.25, -0.2) is 40.9 Å². The Morgan fingerprint density at radius 3 is 2.52 bits per heavy atom. The molecule has 0 atom stereocenters. The molecule has 0 bridgehead atoms. The number of aliphatic imine (C=N–C) groups is 1. The number of sulfonamides is 1. The summed E-state index contributed by atoms with van der Waals surface area (Å²) in [6, 6.07) is 9.17. The lowest BCUT2D eigenvalue weighted by atomic mass is 10.1. The first-order valence-electron chi connectivity index (χ1n) is 13.1. The van der Waals surface area contributed by atoms with Crippen molar-refractivity contribution in [2.45, 2.75) is 17.7 Å². The first-order valence-corrected chi connectivity index (χ1v) is 15.4. The number of rotatable bonds is 11. The molecule has 9 nitrogen and oxygen atoms in total. The van der Waals surface area contributed by atoms with Crippen LogP contribution < -0.4 is 10.5 Å². The minimum atomic E-state index is -4.87. The smallest absolute Gasteiger partial charge is 0.267 e. The fourth-order valence-corrected chi connectivity index (χ4v) is 6.33. The van der Waals surface area contributed by atoms with Crippen LogP contribution in [-0.2, 0) is 16.4 Å². The summed E-state index contributed by atoms with van der Waals surface area (Å²) >= 11 is 1.08. The Bertz CT molecular complexity index is 1930. The summed E-state index contributed by atoms with van der Waals surface area (Å²) in [7, 11) is -4.87. The van der Waals surface area contributed by atoms with Crippen LogP contribution in [0.3, 0.4) is 0 Å². The molecule has 0 fully saturated rings. The van der Waals surface area contributed by atoms with Crippen molar-refractivity contribution < 1.29 is 26.0 Å². The van der Waals surface area contributed by atoms with E-state index in [1.165, 1.54) is 30.6 Å². The second-order valence-corrected chi connectivity index (χ2v) is 11.8. The van der Waals surface area contributed by atoms with Gasteiger partial charge < -0.3 is 5.73 Å². The molecule has 226 valence electrons. The second-order valence-electron chi connectivity index (χ2n) is 9.21. The van der Waals surface area contributed by atoms with Crippen molar-refractivity contribution in [3.8, 4) is 32.4 Å². The summed E-state index contributed by atoms with van der Waals surface area (Å²) in [5, 5.41) is 0.282. The molecule has 0 aliphatic carbocycles. The third kappa shape index (κ3) is 6.79. The van der Waals surface area contributed by atoms with Crippen molar-refractivity contribution in [1.29, 1.82) is 0 Å². The minimum Gasteiger partial charge on any atom is -0.330 e. The van der Waals surface area contributed by atoms with E-state index in [9.17, 15) is 21.6 Å². The number of nitrogens with two attached hydrogens (primary N) is 1. The molecular weight excluding hydrogens is 618 g/mol. The molecule has 0 aliphatic rings. The fourth-order valence-electron chi connectivity index (χ4n) is 4.10. The minimum absolute atomic E-state index is 0.0612. The van der Waals surface area contributed by atoms with Crippen LogP contribution in [0.5, 0.6) is 0 Å². The topological polar surface area (TPSA) is 136 Å². The molecule has 0 amide bonds. The summed E-state index contributed by atoms with van der Waals surface area (Å²) in [6.07, 6.45) is 6.64. The van der Waals surface area contributed by atoms with Gasteiger partial charge in [-0.15, -0.1) is 11.3 Å². The maximum Gasteiger partial charge on any atom is 0.267 e. The summed E-state index contributed by atoms with van der Waals surface area (Å²) in [6.45, 7) is 1.07. The van der Waals surface area contributed by atoms with Gasteiger partial charge in [-0.1, -0.05) is 12.1 Å². The van der Waals surface area contributed by atoms with E-state index in [0.717, 1.165) is 48.2 Å². The molecule has 3 aromatic heterocycles. The number of thiazole rings is 1. The van der Waals surface area contributed by atoms with E-state index in [2.05, 4.69) is 24.9 Å². The molecule has 5 aromatic rings. The molecular formula is C29H23F4N7O2S2. The van der Waals surface area contributed by atoms with Crippen LogP contribution in [0, 0.1) is 23.3 Å². The van der Waals surface area contributed by atoms with Gasteiger partial charge in [0, 0.05) is 42.7 Å². The lowest BCUT2D eigenvalue weighted by molar-refractivity contribution is 0.521. The number of nitrogens with zero attached hydrogens (tertiary/aromatic N) is 5. The molecule has 0 saturated carbocycles. The predicted octanol–water partition coefficient (Wildman–Crippen LogP) is 5.65. The first kappa shape index (κ1) is 30.8. The van der Waals surface area contributed by atoms with Crippen molar-refractivity contribution in [2.24, 2.45) is 10.7 Å². The molecule has 44 heavy (non-hydrogen) atoms. The Morgan fingerprint density at radius 2 is 1.77 bits per heavy atom. The van der Waals surface area contributed by atoms with Crippen LogP contribution in [-0.4, -0.2) is 47.7 Å². The van der Waals surface area contributed by atoms with Crippen molar-refractivity contribution >= 4 is 33.3 Å². The van der Waals surface area contributed by atoms with Crippen LogP contribution in [0.2, 0.25) is 0 Å². The zero-order chi connectivity index (χ0) is 31.3. The van der Waals surface area contributed by atoms with Gasteiger partial charge in [0.05, 0.1) is 28.1 Å². The number of anilines is 1. The van der Waals surface area contributed by atoms with Gasteiger partial charge in [0.1, 0.15) is 28.3 Å². The van der Waals surface area contributed by atoms with E-state index in [1.807, 2.05) is 4.72 Å². The van der Waals surface area contributed by atoms with E-state index < -0.39 is 43.9 Å². The van der Waals surface area contributed by atoms with Crippen molar-refractivity contribution in [2.75, 3.05) is 17.8 Å². The normalized spacial score (nSPS) is 11.8. The van der Waals surface area contributed by atoms with Crippen molar-refractivity contribution in [3.63, 3.8) is 0 Å². The van der Waals surface area contributed by atoms with E-state index in [-0.39, 0.29) is 16.3 Å². The third-order valence-electron chi connectivity index (χ3n) is 6.10. The predicted molar refractivity (Wildman–Crippen MR) is 160 cm³/mol.